The first-order valence-electron chi connectivity index (χ1n) is 10.3. The number of halogens is 1. The quantitative estimate of drug-likeness (QED) is 0.582. The van der Waals surface area contributed by atoms with Crippen molar-refractivity contribution in [1.82, 2.24) is 0 Å². The normalized spacial score (nSPS) is 28.9. The molecule has 0 aliphatic heterocycles. The molecule has 1 saturated carbocycles. The van der Waals surface area contributed by atoms with Gasteiger partial charge in [0, 0.05) is 10.2 Å². The topological polar surface area (TPSA) is 49.3 Å². The van der Waals surface area contributed by atoms with Crippen molar-refractivity contribution >= 4 is 27.6 Å². The van der Waals surface area contributed by atoms with Crippen molar-refractivity contribution in [2.24, 2.45) is 5.92 Å². The van der Waals surface area contributed by atoms with E-state index in [0.717, 1.165) is 29.4 Å². The maximum absolute atomic E-state index is 12.3. The molecule has 4 heteroatoms. The van der Waals surface area contributed by atoms with Gasteiger partial charge >= 0.3 is 5.97 Å². The number of benzene rings is 2. The molecule has 148 valence electrons. The highest BCUT2D eigenvalue weighted by molar-refractivity contribution is 9.10. The first kappa shape index (κ1) is 19.5. The number of rotatable bonds is 5. The standard InChI is InChI=1S/C24H28BrNO2/c1-2-6-18-15-17-7-3-4-10-21(17)23(18)11-13-24(14-12-23,22(27)28)26-20-9-5-8-19(25)16-20/h3-5,7-10,16,18,26H,2,6,11-15H2,1H3,(H,27,28). The summed E-state index contributed by atoms with van der Waals surface area (Å²) in [6.45, 7) is 2.26. The molecule has 0 radical (unpaired) electrons. The molecule has 0 amide bonds. The second-order valence-electron chi connectivity index (χ2n) is 8.53. The number of hydrogen-bond acceptors (Lipinski definition) is 2. The Bertz CT molecular complexity index is 870. The van der Waals surface area contributed by atoms with E-state index in [1.54, 1.807) is 0 Å². The minimum Gasteiger partial charge on any atom is -0.480 e. The fraction of sp³-hybridized carbons (Fsp3) is 0.458. The summed E-state index contributed by atoms with van der Waals surface area (Å²) >= 11 is 3.49. The summed E-state index contributed by atoms with van der Waals surface area (Å²) < 4.78 is 0.957. The molecule has 4 rings (SSSR count). The summed E-state index contributed by atoms with van der Waals surface area (Å²) in [6.07, 6.45) is 6.72. The Morgan fingerprint density at radius 3 is 2.57 bits per heavy atom. The number of aliphatic carboxylic acids is 1. The Balaban J connectivity index is 1.63. The van der Waals surface area contributed by atoms with Crippen LogP contribution in [0.2, 0.25) is 0 Å². The number of carboxylic acid groups (broad SMARTS) is 1. The lowest BCUT2D eigenvalue weighted by Crippen LogP contribution is -2.53. The molecule has 1 fully saturated rings. The van der Waals surface area contributed by atoms with Crippen LogP contribution in [-0.4, -0.2) is 16.6 Å². The third-order valence-electron chi connectivity index (χ3n) is 7.05. The maximum Gasteiger partial charge on any atom is 0.329 e. The molecule has 1 unspecified atom stereocenters. The van der Waals surface area contributed by atoms with Crippen LogP contribution in [0.25, 0.3) is 0 Å². The van der Waals surface area contributed by atoms with Crippen molar-refractivity contribution in [3.05, 3.63) is 64.1 Å². The van der Waals surface area contributed by atoms with Crippen LogP contribution < -0.4 is 5.32 Å². The van der Waals surface area contributed by atoms with Gasteiger partial charge in [0.25, 0.3) is 0 Å². The molecule has 2 aliphatic carbocycles. The van der Waals surface area contributed by atoms with Gasteiger partial charge in [0.05, 0.1) is 0 Å². The van der Waals surface area contributed by atoms with Gasteiger partial charge in [-0.3, -0.25) is 0 Å². The van der Waals surface area contributed by atoms with Gasteiger partial charge in [-0.15, -0.1) is 0 Å². The van der Waals surface area contributed by atoms with E-state index in [2.05, 4.69) is 52.4 Å². The lowest BCUT2D eigenvalue weighted by molar-refractivity contribution is -0.144. The average molecular weight is 442 g/mol. The summed E-state index contributed by atoms with van der Waals surface area (Å²) in [5.41, 5.74) is 3.08. The second kappa shape index (κ2) is 7.55. The van der Waals surface area contributed by atoms with Crippen molar-refractivity contribution in [2.45, 2.75) is 62.8 Å². The molecule has 1 spiro atoms. The fourth-order valence-corrected chi connectivity index (χ4v) is 6.03. The lowest BCUT2D eigenvalue weighted by atomic mass is 9.60. The molecule has 0 saturated heterocycles. The molecule has 0 bridgehead atoms. The Morgan fingerprint density at radius 2 is 1.89 bits per heavy atom. The number of fused-ring (bicyclic) bond motifs is 2. The summed E-state index contributed by atoms with van der Waals surface area (Å²) in [4.78, 5) is 12.3. The predicted octanol–water partition coefficient (Wildman–Crippen LogP) is 6.17. The molecular formula is C24H28BrNO2. The first-order chi connectivity index (χ1) is 13.5. The van der Waals surface area contributed by atoms with E-state index >= 15 is 0 Å². The highest BCUT2D eigenvalue weighted by atomic mass is 79.9. The SMILES string of the molecule is CCCC1Cc2ccccc2C12CCC(Nc1cccc(Br)c1)(C(=O)O)CC2. The lowest BCUT2D eigenvalue weighted by Gasteiger charge is -2.47. The minimum atomic E-state index is -0.889. The van der Waals surface area contributed by atoms with E-state index in [9.17, 15) is 9.90 Å². The van der Waals surface area contributed by atoms with Crippen LogP contribution in [-0.2, 0) is 16.6 Å². The van der Waals surface area contributed by atoms with Crippen LogP contribution in [0.4, 0.5) is 5.69 Å². The summed E-state index contributed by atoms with van der Waals surface area (Å²) in [7, 11) is 0. The van der Waals surface area contributed by atoms with Crippen LogP contribution in [0, 0.1) is 5.92 Å². The smallest absolute Gasteiger partial charge is 0.329 e. The van der Waals surface area contributed by atoms with E-state index in [1.165, 1.54) is 24.0 Å². The van der Waals surface area contributed by atoms with Crippen molar-refractivity contribution in [3.8, 4) is 0 Å². The Hall–Kier alpha value is -1.81. The molecule has 2 N–H and O–H groups in total. The van der Waals surface area contributed by atoms with E-state index in [0.29, 0.717) is 18.8 Å². The van der Waals surface area contributed by atoms with Crippen molar-refractivity contribution in [3.63, 3.8) is 0 Å². The second-order valence-corrected chi connectivity index (χ2v) is 9.44. The third kappa shape index (κ3) is 3.26. The van der Waals surface area contributed by atoms with Gasteiger partial charge in [-0.25, -0.2) is 4.79 Å². The predicted molar refractivity (Wildman–Crippen MR) is 117 cm³/mol. The number of anilines is 1. The first-order valence-corrected chi connectivity index (χ1v) is 11.1. The van der Waals surface area contributed by atoms with Gasteiger partial charge < -0.3 is 10.4 Å². The van der Waals surface area contributed by atoms with Gasteiger partial charge in [0.2, 0.25) is 0 Å². The average Bonchev–Trinajstić information content (AvgIpc) is 2.97. The van der Waals surface area contributed by atoms with Crippen molar-refractivity contribution < 1.29 is 9.90 Å². The van der Waals surface area contributed by atoms with Gasteiger partial charge in [0.1, 0.15) is 5.54 Å². The molecular weight excluding hydrogens is 414 g/mol. The van der Waals surface area contributed by atoms with Gasteiger partial charge in [-0.1, -0.05) is 59.6 Å². The number of carbonyl (C=O) groups is 1. The van der Waals surface area contributed by atoms with E-state index in [1.807, 2.05) is 24.3 Å². The van der Waals surface area contributed by atoms with Crippen LogP contribution in [0.3, 0.4) is 0 Å². The fourth-order valence-electron chi connectivity index (χ4n) is 5.63. The van der Waals surface area contributed by atoms with Gasteiger partial charge in [-0.05, 0) is 79.2 Å². The molecule has 2 aliphatic rings. The third-order valence-corrected chi connectivity index (χ3v) is 7.55. The minimum absolute atomic E-state index is 0.143. The molecule has 2 aromatic rings. The zero-order valence-corrected chi connectivity index (χ0v) is 18.0. The summed E-state index contributed by atoms with van der Waals surface area (Å²) in [6, 6.07) is 16.7. The van der Waals surface area contributed by atoms with Gasteiger partial charge in [-0.2, -0.15) is 0 Å². The molecule has 0 aromatic heterocycles. The Kier molecular flexibility index (Phi) is 5.26. The van der Waals surface area contributed by atoms with Crippen LogP contribution in [0.15, 0.2) is 53.0 Å². The van der Waals surface area contributed by atoms with Crippen molar-refractivity contribution in [2.75, 3.05) is 5.32 Å². The highest BCUT2D eigenvalue weighted by Gasteiger charge is 2.53. The molecule has 3 nitrogen and oxygen atoms in total. The number of nitrogens with one attached hydrogen (secondary N) is 1. The molecule has 2 aromatic carbocycles. The summed E-state index contributed by atoms with van der Waals surface area (Å²) in [5.74, 6) is -0.104. The maximum atomic E-state index is 12.3. The zero-order chi connectivity index (χ0) is 19.8. The van der Waals surface area contributed by atoms with E-state index in [4.69, 9.17) is 0 Å². The Morgan fingerprint density at radius 1 is 1.14 bits per heavy atom. The molecule has 0 heterocycles. The van der Waals surface area contributed by atoms with Crippen LogP contribution >= 0.6 is 15.9 Å². The van der Waals surface area contributed by atoms with E-state index < -0.39 is 11.5 Å². The summed E-state index contributed by atoms with van der Waals surface area (Å²) in [5, 5.41) is 13.5. The number of hydrogen-bond donors (Lipinski definition) is 2. The highest BCUT2D eigenvalue weighted by Crippen LogP contribution is 2.55. The molecule has 28 heavy (non-hydrogen) atoms. The van der Waals surface area contributed by atoms with Gasteiger partial charge in [0.15, 0.2) is 0 Å². The van der Waals surface area contributed by atoms with Crippen molar-refractivity contribution in [1.29, 1.82) is 0 Å². The largest absolute Gasteiger partial charge is 0.480 e. The Labute approximate surface area is 175 Å². The molecule has 1 atom stereocenters. The van der Waals surface area contributed by atoms with E-state index in [-0.39, 0.29) is 5.41 Å². The zero-order valence-electron chi connectivity index (χ0n) is 16.4. The van der Waals surface area contributed by atoms with Crippen LogP contribution in [0.1, 0.15) is 56.6 Å². The van der Waals surface area contributed by atoms with Crippen LogP contribution in [0.5, 0.6) is 0 Å². The monoisotopic (exact) mass is 441 g/mol. The number of carboxylic acids is 1.